The summed E-state index contributed by atoms with van der Waals surface area (Å²) in [4.78, 5) is 39.1. The second-order valence-corrected chi connectivity index (χ2v) is 6.03. The first-order valence-corrected chi connectivity index (χ1v) is 8.21. The maximum atomic E-state index is 12.6. The van der Waals surface area contributed by atoms with Crippen LogP contribution in [0.5, 0.6) is 0 Å². The summed E-state index contributed by atoms with van der Waals surface area (Å²) in [6, 6.07) is 7.18. The van der Waals surface area contributed by atoms with Crippen molar-refractivity contribution in [1.29, 1.82) is 0 Å². The number of hydrogen-bond donors (Lipinski definition) is 0. The molecule has 25 heavy (non-hydrogen) atoms. The lowest BCUT2D eigenvalue weighted by Gasteiger charge is -2.35. The quantitative estimate of drug-likeness (QED) is 0.756. The van der Waals surface area contributed by atoms with Gasteiger partial charge < -0.3 is 19.3 Å². The van der Waals surface area contributed by atoms with E-state index in [-0.39, 0.29) is 12.3 Å². The minimum Gasteiger partial charge on any atom is -0.467 e. The van der Waals surface area contributed by atoms with Crippen LogP contribution in [0.4, 0.5) is 4.79 Å². The van der Waals surface area contributed by atoms with Crippen LogP contribution in [0.3, 0.4) is 0 Å². The molecular formula is C18H24N2O5. The molecule has 7 heteroatoms. The average Bonchev–Trinajstić information content (AvgIpc) is 2.65. The fraction of sp³-hybridized carbons (Fsp3) is 0.500. The van der Waals surface area contributed by atoms with E-state index in [0.29, 0.717) is 25.9 Å². The lowest BCUT2D eigenvalue weighted by atomic mass is 9.93. The number of fused-ring (bicyclic) bond motifs is 1. The third-order valence-corrected chi connectivity index (χ3v) is 4.41. The highest BCUT2D eigenvalue weighted by Crippen LogP contribution is 2.25. The van der Waals surface area contributed by atoms with Gasteiger partial charge in [-0.2, -0.15) is 0 Å². The minimum atomic E-state index is -0.606. The molecule has 136 valence electrons. The summed E-state index contributed by atoms with van der Waals surface area (Å²) in [6.07, 6.45) is 0.760. The number of carbonyl (C=O) groups excluding carboxylic acids is 3. The van der Waals surface area contributed by atoms with Gasteiger partial charge in [-0.05, 0) is 17.5 Å². The Morgan fingerprint density at radius 2 is 1.84 bits per heavy atom. The summed E-state index contributed by atoms with van der Waals surface area (Å²) < 4.78 is 9.49. The topological polar surface area (TPSA) is 76.2 Å². The Morgan fingerprint density at radius 3 is 2.48 bits per heavy atom. The van der Waals surface area contributed by atoms with Crippen molar-refractivity contribution in [3.8, 4) is 0 Å². The molecule has 0 spiro atoms. The molecule has 1 aromatic carbocycles. The maximum Gasteiger partial charge on any atom is 0.409 e. The van der Waals surface area contributed by atoms with Crippen LogP contribution in [0, 0.1) is 0 Å². The zero-order chi connectivity index (χ0) is 18.4. The molecule has 0 aliphatic carbocycles. The summed E-state index contributed by atoms with van der Waals surface area (Å²) in [7, 11) is 4.26. The van der Waals surface area contributed by atoms with Gasteiger partial charge in [-0.3, -0.25) is 4.79 Å². The fourth-order valence-corrected chi connectivity index (χ4v) is 2.99. The maximum absolute atomic E-state index is 12.6. The molecule has 0 N–H and O–H groups in total. The van der Waals surface area contributed by atoms with E-state index < -0.39 is 18.1 Å². The van der Waals surface area contributed by atoms with Crippen LogP contribution in [-0.4, -0.2) is 61.6 Å². The number of methoxy groups -OCH3 is 2. The van der Waals surface area contributed by atoms with E-state index in [9.17, 15) is 14.4 Å². The highest BCUT2D eigenvalue weighted by molar-refractivity contribution is 5.85. The Balaban J connectivity index is 2.03. The fourth-order valence-electron chi connectivity index (χ4n) is 2.99. The number of rotatable bonds is 5. The molecule has 1 atom stereocenters. The van der Waals surface area contributed by atoms with Crippen LogP contribution >= 0.6 is 0 Å². The van der Waals surface area contributed by atoms with Crippen molar-refractivity contribution < 1.29 is 23.9 Å². The number of ether oxygens (including phenoxy) is 2. The van der Waals surface area contributed by atoms with Gasteiger partial charge in [-0.1, -0.05) is 24.3 Å². The van der Waals surface area contributed by atoms with Crippen LogP contribution in [0.2, 0.25) is 0 Å². The lowest BCUT2D eigenvalue weighted by Crippen LogP contribution is -2.49. The molecule has 1 unspecified atom stereocenters. The number of carbonyl (C=O) groups is 3. The first kappa shape index (κ1) is 18.8. The largest absolute Gasteiger partial charge is 0.467 e. The van der Waals surface area contributed by atoms with Crippen molar-refractivity contribution in [3.63, 3.8) is 0 Å². The molecule has 0 radical (unpaired) electrons. The number of nitrogens with zero attached hydrogens (tertiary/aromatic N) is 2. The summed E-state index contributed by atoms with van der Waals surface area (Å²) in [6.45, 7) is 0.799. The average molecular weight is 348 g/mol. The van der Waals surface area contributed by atoms with Gasteiger partial charge in [-0.25, -0.2) is 9.59 Å². The van der Waals surface area contributed by atoms with Crippen LogP contribution in [0.1, 0.15) is 24.0 Å². The Bertz CT molecular complexity index is 646. The lowest BCUT2D eigenvalue weighted by molar-refractivity contribution is -0.154. The number of benzene rings is 1. The summed E-state index contributed by atoms with van der Waals surface area (Å²) in [5, 5.41) is 0. The van der Waals surface area contributed by atoms with Gasteiger partial charge in [0.25, 0.3) is 0 Å². The molecule has 1 heterocycles. The van der Waals surface area contributed by atoms with Gasteiger partial charge in [0.05, 0.1) is 14.2 Å². The molecule has 1 aliphatic rings. The van der Waals surface area contributed by atoms with Crippen LogP contribution in [-0.2, 0) is 32.0 Å². The molecule has 2 amide bonds. The Morgan fingerprint density at radius 1 is 1.16 bits per heavy atom. The standard InChI is InChI=1S/C18H24N2O5/c1-19(18(23)25-3)10-6-9-16(21)20-12-14-8-5-4-7-13(14)11-15(20)17(22)24-2/h4-5,7-8,15H,6,9-12H2,1-3H3. The normalized spacial score (nSPS) is 16.0. The molecule has 0 aromatic heterocycles. The zero-order valence-electron chi connectivity index (χ0n) is 14.9. The molecule has 2 rings (SSSR count). The van der Waals surface area contributed by atoms with Crippen molar-refractivity contribution in [3.05, 3.63) is 35.4 Å². The second kappa shape index (κ2) is 8.50. The highest BCUT2D eigenvalue weighted by atomic mass is 16.5. The first-order chi connectivity index (χ1) is 12.0. The van der Waals surface area contributed by atoms with E-state index in [1.54, 1.807) is 11.9 Å². The number of esters is 1. The number of amides is 2. The molecular weight excluding hydrogens is 324 g/mol. The van der Waals surface area contributed by atoms with E-state index in [1.807, 2.05) is 24.3 Å². The van der Waals surface area contributed by atoms with Crippen LogP contribution in [0.25, 0.3) is 0 Å². The van der Waals surface area contributed by atoms with E-state index in [4.69, 9.17) is 4.74 Å². The molecule has 0 fully saturated rings. The first-order valence-electron chi connectivity index (χ1n) is 8.21. The van der Waals surface area contributed by atoms with Crippen LogP contribution in [0.15, 0.2) is 24.3 Å². The van der Waals surface area contributed by atoms with Gasteiger partial charge in [0, 0.05) is 33.0 Å². The van der Waals surface area contributed by atoms with Crippen molar-refractivity contribution in [2.75, 3.05) is 27.8 Å². The molecule has 0 bridgehead atoms. The Kier molecular flexibility index (Phi) is 6.38. The summed E-state index contributed by atoms with van der Waals surface area (Å²) in [5.41, 5.74) is 2.11. The third kappa shape index (κ3) is 4.49. The predicted molar refractivity (Wildman–Crippen MR) is 90.8 cm³/mol. The highest BCUT2D eigenvalue weighted by Gasteiger charge is 2.34. The van der Waals surface area contributed by atoms with E-state index in [0.717, 1.165) is 11.1 Å². The van der Waals surface area contributed by atoms with E-state index in [2.05, 4.69) is 4.74 Å². The second-order valence-electron chi connectivity index (χ2n) is 6.03. The van der Waals surface area contributed by atoms with Gasteiger partial charge in [0.2, 0.25) is 5.91 Å². The zero-order valence-corrected chi connectivity index (χ0v) is 14.9. The van der Waals surface area contributed by atoms with Crippen molar-refractivity contribution in [1.82, 2.24) is 9.80 Å². The van der Waals surface area contributed by atoms with Gasteiger partial charge >= 0.3 is 12.1 Å². The van der Waals surface area contributed by atoms with Crippen molar-refractivity contribution in [2.24, 2.45) is 0 Å². The van der Waals surface area contributed by atoms with Crippen LogP contribution < -0.4 is 0 Å². The van der Waals surface area contributed by atoms with E-state index >= 15 is 0 Å². The Labute approximate surface area is 147 Å². The van der Waals surface area contributed by atoms with Gasteiger partial charge in [-0.15, -0.1) is 0 Å². The molecule has 1 aliphatic heterocycles. The molecule has 7 nitrogen and oxygen atoms in total. The third-order valence-electron chi connectivity index (χ3n) is 4.41. The van der Waals surface area contributed by atoms with E-state index in [1.165, 1.54) is 19.1 Å². The SMILES string of the molecule is COC(=O)C1Cc2ccccc2CN1C(=O)CCCN(C)C(=O)OC. The smallest absolute Gasteiger partial charge is 0.409 e. The molecule has 0 saturated carbocycles. The van der Waals surface area contributed by atoms with Crippen molar-refractivity contribution >= 4 is 18.0 Å². The number of hydrogen-bond acceptors (Lipinski definition) is 5. The minimum absolute atomic E-state index is 0.122. The van der Waals surface area contributed by atoms with Crippen molar-refractivity contribution in [2.45, 2.75) is 31.8 Å². The predicted octanol–water partition coefficient (Wildman–Crippen LogP) is 1.59. The monoisotopic (exact) mass is 348 g/mol. The molecule has 1 aromatic rings. The summed E-state index contributed by atoms with van der Waals surface area (Å²) >= 11 is 0. The van der Waals surface area contributed by atoms with Gasteiger partial charge in [0.15, 0.2) is 0 Å². The van der Waals surface area contributed by atoms with Gasteiger partial charge in [0.1, 0.15) is 6.04 Å². The Hall–Kier alpha value is -2.57. The molecule has 0 saturated heterocycles. The summed E-state index contributed by atoms with van der Waals surface area (Å²) in [5.74, 6) is -0.530.